The summed E-state index contributed by atoms with van der Waals surface area (Å²) < 4.78 is 0. The summed E-state index contributed by atoms with van der Waals surface area (Å²) in [5.74, 6) is -1.62. The van der Waals surface area contributed by atoms with Crippen molar-refractivity contribution < 1.29 is 14.7 Å². The fourth-order valence-corrected chi connectivity index (χ4v) is 1.86. The van der Waals surface area contributed by atoms with E-state index in [9.17, 15) is 14.7 Å². The van der Waals surface area contributed by atoms with E-state index in [1.54, 1.807) is 42.5 Å². The number of hydrogen-bond donors (Lipinski definition) is 2. The van der Waals surface area contributed by atoms with Gasteiger partial charge >= 0.3 is 0 Å². The van der Waals surface area contributed by atoms with Crippen LogP contribution in [0.4, 0.5) is 5.69 Å². The van der Waals surface area contributed by atoms with Crippen molar-refractivity contribution in [3.63, 3.8) is 0 Å². The van der Waals surface area contributed by atoms with Gasteiger partial charge in [0, 0.05) is 11.3 Å². The zero-order valence-corrected chi connectivity index (χ0v) is 11.6. The molecule has 106 valence electrons. The van der Waals surface area contributed by atoms with Gasteiger partial charge in [0.1, 0.15) is 0 Å². The Morgan fingerprint density at radius 3 is 2.29 bits per heavy atom. The van der Waals surface area contributed by atoms with Crippen molar-refractivity contribution in [1.29, 1.82) is 0 Å². The van der Waals surface area contributed by atoms with E-state index in [4.69, 9.17) is 12.2 Å². The number of rotatable bonds is 3. The Kier molecular flexibility index (Phi) is 4.63. The lowest BCUT2D eigenvalue weighted by molar-refractivity contribution is -0.255. The van der Waals surface area contributed by atoms with Gasteiger partial charge in [0.05, 0.1) is 5.97 Å². The number of aromatic carboxylic acids is 1. The van der Waals surface area contributed by atoms with Crippen LogP contribution in [0, 0.1) is 0 Å². The average Bonchev–Trinajstić information content (AvgIpc) is 2.48. The molecule has 0 heterocycles. The zero-order chi connectivity index (χ0) is 15.2. The predicted octanol–water partition coefficient (Wildman–Crippen LogP) is 1.18. The molecule has 2 rings (SSSR count). The van der Waals surface area contributed by atoms with Gasteiger partial charge in [-0.1, -0.05) is 30.3 Å². The second kappa shape index (κ2) is 6.62. The second-order valence-electron chi connectivity index (χ2n) is 4.14. The number of benzene rings is 2. The molecule has 0 aliphatic rings. The maximum atomic E-state index is 11.9. The zero-order valence-electron chi connectivity index (χ0n) is 10.8. The number of hydrogen-bond acceptors (Lipinski definition) is 4. The first kappa shape index (κ1) is 14.7. The van der Waals surface area contributed by atoms with Crippen LogP contribution in [0.3, 0.4) is 0 Å². The van der Waals surface area contributed by atoms with E-state index in [-0.39, 0.29) is 16.6 Å². The summed E-state index contributed by atoms with van der Waals surface area (Å²) in [5, 5.41) is 16.1. The molecule has 2 N–H and O–H groups in total. The molecule has 21 heavy (non-hydrogen) atoms. The molecule has 1 amide bonds. The lowest BCUT2D eigenvalue weighted by atomic mass is 10.2. The van der Waals surface area contributed by atoms with Crippen LogP contribution in [-0.4, -0.2) is 17.0 Å². The fraction of sp³-hybridized carbons (Fsp3) is 0. The highest BCUT2D eigenvalue weighted by atomic mass is 32.1. The highest BCUT2D eigenvalue weighted by molar-refractivity contribution is 7.80. The number of carbonyl (C=O) groups is 2. The van der Waals surface area contributed by atoms with Crippen LogP contribution < -0.4 is 15.7 Å². The van der Waals surface area contributed by atoms with Gasteiger partial charge in [0.25, 0.3) is 5.91 Å². The van der Waals surface area contributed by atoms with Gasteiger partial charge in [-0.25, -0.2) is 0 Å². The highest BCUT2D eigenvalue weighted by Gasteiger charge is 2.07. The lowest BCUT2D eigenvalue weighted by Crippen LogP contribution is -2.34. The molecule has 0 spiro atoms. The predicted molar refractivity (Wildman–Crippen MR) is 80.9 cm³/mol. The second-order valence-corrected chi connectivity index (χ2v) is 4.55. The summed E-state index contributed by atoms with van der Waals surface area (Å²) in [6.45, 7) is 0. The number of carboxylic acids is 1. The summed E-state index contributed by atoms with van der Waals surface area (Å²) >= 11 is 5.02. The van der Waals surface area contributed by atoms with Gasteiger partial charge in [0.2, 0.25) is 0 Å². The Balaban J connectivity index is 2.00. The molecule has 6 heteroatoms. The molecule has 0 aliphatic heterocycles. The van der Waals surface area contributed by atoms with Crippen molar-refractivity contribution in [2.24, 2.45) is 0 Å². The molecule has 2 aromatic rings. The number of nitrogens with one attached hydrogen (secondary N) is 2. The van der Waals surface area contributed by atoms with Crippen LogP contribution in [0.2, 0.25) is 0 Å². The van der Waals surface area contributed by atoms with Gasteiger partial charge in [-0.3, -0.25) is 10.1 Å². The minimum atomic E-state index is -1.28. The quantitative estimate of drug-likeness (QED) is 0.832. The summed E-state index contributed by atoms with van der Waals surface area (Å²) in [5.41, 5.74) is 0.956. The van der Waals surface area contributed by atoms with Crippen LogP contribution in [0.25, 0.3) is 0 Å². The van der Waals surface area contributed by atoms with E-state index in [1.807, 2.05) is 0 Å². The fourth-order valence-electron chi connectivity index (χ4n) is 1.65. The molecule has 0 fully saturated rings. The van der Waals surface area contributed by atoms with Crippen molar-refractivity contribution in [2.45, 2.75) is 0 Å². The molecule has 0 saturated carbocycles. The number of amides is 1. The van der Waals surface area contributed by atoms with Crippen molar-refractivity contribution in [3.05, 3.63) is 65.7 Å². The third-order valence-corrected chi connectivity index (χ3v) is 2.82. The molecule has 2 aromatic carbocycles. The Bertz CT molecular complexity index is 686. The smallest absolute Gasteiger partial charge is 0.257 e. The van der Waals surface area contributed by atoms with Gasteiger partial charge in [-0.2, -0.15) is 0 Å². The SMILES string of the molecule is O=C([O-])c1cccc(NC(=S)NC(=O)c2ccccc2)c1. The summed E-state index contributed by atoms with van der Waals surface area (Å²) in [6, 6.07) is 14.6. The Hall–Kier alpha value is -2.73. The van der Waals surface area contributed by atoms with Gasteiger partial charge in [0.15, 0.2) is 5.11 Å². The molecule has 0 aromatic heterocycles. The lowest BCUT2D eigenvalue weighted by Gasteiger charge is -2.11. The molecule has 0 atom stereocenters. The van der Waals surface area contributed by atoms with E-state index in [2.05, 4.69) is 10.6 Å². The number of carbonyl (C=O) groups excluding carboxylic acids is 2. The summed E-state index contributed by atoms with van der Waals surface area (Å²) in [4.78, 5) is 22.6. The topological polar surface area (TPSA) is 81.3 Å². The Morgan fingerprint density at radius 1 is 0.952 bits per heavy atom. The summed E-state index contributed by atoms with van der Waals surface area (Å²) in [7, 11) is 0. The summed E-state index contributed by atoms with van der Waals surface area (Å²) in [6.07, 6.45) is 0. The normalized spacial score (nSPS) is 9.71. The molecule has 0 unspecified atom stereocenters. The van der Waals surface area contributed by atoms with Crippen molar-refractivity contribution >= 4 is 34.9 Å². The molecule has 0 bridgehead atoms. The van der Waals surface area contributed by atoms with Crippen LogP contribution in [0.5, 0.6) is 0 Å². The third-order valence-electron chi connectivity index (χ3n) is 2.62. The van der Waals surface area contributed by atoms with Crippen molar-refractivity contribution in [3.8, 4) is 0 Å². The number of thiocarbonyl (C=S) groups is 1. The third kappa shape index (κ3) is 4.12. The van der Waals surface area contributed by atoms with Gasteiger partial charge in [-0.15, -0.1) is 0 Å². The molecular formula is C15H11N2O3S-. The van der Waals surface area contributed by atoms with Crippen molar-refractivity contribution in [1.82, 2.24) is 5.32 Å². The first-order chi connectivity index (χ1) is 10.1. The first-order valence-corrected chi connectivity index (χ1v) is 6.46. The van der Waals surface area contributed by atoms with Gasteiger partial charge in [-0.05, 0) is 42.0 Å². The largest absolute Gasteiger partial charge is 0.545 e. The Labute approximate surface area is 126 Å². The van der Waals surface area contributed by atoms with E-state index < -0.39 is 5.97 Å². The highest BCUT2D eigenvalue weighted by Crippen LogP contribution is 2.10. The molecule has 0 saturated heterocycles. The monoisotopic (exact) mass is 299 g/mol. The van der Waals surface area contributed by atoms with E-state index in [0.29, 0.717) is 11.3 Å². The maximum absolute atomic E-state index is 11.9. The van der Waals surface area contributed by atoms with E-state index in [0.717, 1.165) is 0 Å². The van der Waals surface area contributed by atoms with E-state index in [1.165, 1.54) is 12.1 Å². The molecular weight excluding hydrogens is 288 g/mol. The first-order valence-electron chi connectivity index (χ1n) is 6.05. The minimum absolute atomic E-state index is 0.0252. The average molecular weight is 299 g/mol. The van der Waals surface area contributed by atoms with E-state index >= 15 is 0 Å². The maximum Gasteiger partial charge on any atom is 0.257 e. The van der Waals surface area contributed by atoms with Gasteiger partial charge < -0.3 is 15.2 Å². The van der Waals surface area contributed by atoms with Crippen LogP contribution >= 0.6 is 12.2 Å². The van der Waals surface area contributed by atoms with Crippen molar-refractivity contribution in [2.75, 3.05) is 5.32 Å². The molecule has 0 aliphatic carbocycles. The van der Waals surface area contributed by atoms with Crippen LogP contribution in [0.15, 0.2) is 54.6 Å². The molecule has 5 nitrogen and oxygen atoms in total. The number of anilines is 1. The van der Waals surface area contributed by atoms with Crippen LogP contribution in [0.1, 0.15) is 20.7 Å². The standard InChI is InChI=1S/C15H12N2O3S/c18-13(10-5-2-1-3-6-10)17-15(21)16-12-8-4-7-11(9-12)14(19)20/h1-9H,(H,19,20)(H2,16,17,18,21)/p-1. The molecule has 0 radical (unpaired) electrons. The Morgan fingerprint density at radius 2 is 1.62 bits per heavy atom. The number of carboxylic acid groups (broad SMARTS) is 1. The van der Waals surface area contributed by atoms with Crippen LogP contribution in [-0.2, 0) is 0 Å². The minimum Gasteiger partial charge on any atom is -0.545 e.